The Kier molecular flexibility index (Phi) is 5.20. The van der Waals surface area contributed by atoms with Crippen LogP contribution in [0.1, 0.15) is 0 Å². The average Bonchev–Trinajstić information content (AvgIpc) is 2.55. The molecule has 1 heterocycles. The third-order valence-electron chi connectivity index (χ3n) is 3.13. The summed E-state index contributed by atoms with van der Waals surface area (Å²) in [6.45, 7) is 0. The molecule has 0 unspecified atom stereocenters. The van der Waals surface area contributed by atoms with E-state index in [0.717, 1.165) is 20.4 Å². The molecule has 0 radical (unpaired) electrons. The van der Waals surface area contributed by atoms with E-state index in [0.29, 0.717) is 10.7 Å². The summed E-state index contributed by atoms with van der Waals surface area (Å²) in [6, 6.07) is 17.2. The third-order valence-corrected chi connectivity index (χ3v) is 4.86. The summed E-state index contributed by atoms with van der Waals surface area (Å²) in [5, 5.41) is 5.21. The van der Waals surface area contributed by atoms with E-state index in [9.17, 15) is 4.79 Å². The second kappa shape index (κ2) is 7.34. The summed E-state index contributed by atoms with van der Waals surface area (Å²) in [7, 11) is 0. The first-order valence-corrected chi connectivity index (χ1v) is 9.01. The number of halogens is 2. The molecule has 0 fully saturated rings. The van der Waals surface area contributed by atoms with Crippen molar-refractivity contribution in [2.24, 2.45) is 0 Å². The van der Waals surface area contributed by atoms with Gasteiger partial charge in [0.15, 0.2) is 0 Å². The molecule has 3 aromatic rings. The molecular weight excluding hydrogens is 396 g/mol. The van der Waals surface area contributed by atoms with Crippen molar-refractivity contribution in [2.75, 3.05) is 11.1 Å². The van der Waals surface area contributed by atoms with Crippen molar-refractivity contribution in [2.45, 2.75) is 5.03 Å². The number of hydrogen-bond donors (Lipinski definition) is 1. The second-order valence-corrected chi connectivity index (χ2v) is 7.12. The number of amides is 1. The monoisotopic (exact) mass is 406 g/mol. The summed E-state index contributed by atoms with van der Waals surface area (Å²) in [6.07, 6.45) is 0. The van der Waals surface area contributed by atoms with Crippen LogP contribution in [0.4, 0.5) is 5.69 Å². The normalized spacial score (nSPS) is 10.7. The van der Waals surface area contributed by atoms with Gasteiger partial charge in [0.25, 0.3) is 0 Å². The first-order valence-electron chi connectivity index (χ1n) is 6.85. The van der Waals surface area contributed by atoms with Crippen LogP contribution < -0.4 is 5.32 Å². The van der Waals surface area contributed by atoms with Gasteiger partial charge in [0.1, 0.15) is 0 Å². The lowest BCUT2D eigenvalue weighted by Crippen LogP contribution is -2.14. The maximum absolute atomic E-state index is 12.1. The van der Waals surface area contributed by atoms with Crippen molar-refractivity contribution in [3.63, 3.8) is 0 Å². The molecular formula is C17H12BrClN2OS. The van der Waals surface area contributed by atoms with E-state index in [1.54, 1.807) is 12.1 Å². The number of anilines is 1. The number of nitrogens with one attached hydrogen (secondary N) is 1. The van der Waals surface area contributed by atoms with Crippen LogP contribution in [0.3, 0.4) is 0 Å². The molecule has 0 saturated heterocycles. The molecule has 1 amide bonds. The van der Waals surface area contributed by atoms with Gasteiger partial charge >= 0.3 is 0 Å². The molecule has 116 valence electrons. The van der Waals surface area contributed by atoms with Crippen LogP contribution in [0.2, 0.25) is 5.02 Å². The largest absolute Gasteiger partial charge is 0.324 e. The van der Waals surface area contributed by atoms with Gasteiger partial charge in [-0.3, -0.25) is 4.79 Å². The van der Waals surface area contributed by atoms with Gasteiger partial charge in [0.05, 0.1) is 27.0 Å². The lowest BCUT2D eigenvalue weighted by Gasteiger charge is -2.07. The smallest absolute Gasteiger partial charge is 0.234 e. The number of nitrogens with zero attached hydrogens (tertiary/aromatic N) is 1. The van der Waals surface area contributed by atoms with Crippen LogP contribution in [0.25, 0.3) is 10.9 Å². The van der Waals surface area contributed by atoms with Crippen molar-refractivity contribution in [1.29, 1.82) is 0 Å². The van der Waals surface area contributed by atoms with Crippen molar-refractivity contribution < 1.29 is 4.79 Å². The first-order chi connectivity index (χ1) is 11.1. The SMILES string of the molecule is O=C(CSc1ccc2ccccc2n1)Nc1ccc(Br)cc1Cl. The molecule has 0 aliphatic carbocycles. The van der Waals surface area contributed by atoms with E-state index in [1.807, 2.05) is 42.5 Å². The Balaban J connectivity index is 1.63. The number of para-hydroxylation sites is 1. The molecule has 3 rings (SSSR count). The number of aromatic nitrogens is 1. The van der Waals surface area contributed by atoms with Gasteiger partial charge < -0.3 is 5.32 Å². The fourth-order valence-corrected chi connectivity index (χ4v) is 3.44. The lowest BCUT2D eigenvalue weighted by molar-refractivity contribution is -0.113. The molecule has 0 aliphatic rings. The molecule has 1 N–H and O–H groups in total. The quantitative estimate of drug-likeness (QED) is 0.590. The second-order valence-electron chi connectivity index (χ2n) is 4.80. The first kappa shape index (κ1) is 16.3. The number of pyridine rings is 1. The molecule has 0 atom stereocenters. The Bertz CT molecular complexity index is 872. The van der Waals surface area contributed by atoms with Gasteiger partial charge in [0.2, 0.25) is 5.91 Å². The van der Waals surface area contributed by atoms with E-state index in [4.69, 9.17) is 11.6 Å². The fraction of sp³-hybridized carbons (Fsp3) is 0.0588. The zero-order valence-corrected chi connectivity index (χ0v) is 15.1. The molecule has 2 aromatic carbocycles. The van der Waals surface area contributed by atoms with Gasteiger partial charge in [-0.15, -0.1) is 0 Å². The fourth-order valence-electron chi connectivity index (χ4n) is 2.04. The Hall–Kier alpha value is -1.56. The number of thioether (sulfide) groups is 1. The third kappa shape index (κ3) is 4.25. The minimum atomic E-state index is -0.116. The molecule has 23 heavy (non-hydrogen) atoms. The summed E-state index contributed by atoms with van der Waals surface area (Å²) < 4.78 is 0.871. The highest BCUT2D eigenvalue weighted by molar-refractivity contribution is 9.10. The molecule has 0 saturated carbocycles. The van der Waals surface area contributed by atoms with Crippen LogP contribution in [0, 0.1) is 0 Å². The maximum atomic E-state index is 12.1. The molecule has 6 heteroatoms. The minimum Gasteiger partial charge on any atom is -0.324 e. The van der Waals surface area contributed by atoms with Gasteiger partial charge in [-0.1, -0.05) is 63.6 Å². The summed E-state index contributed by atoms with van der Waals surface area (Å²) >= 11 is 10.8. The number of hydrogen-bond acceptors (Lipinski definition) is 3. The topological polar surface area (TPSA) is 42.0 Å². The Morgan fingerprint density at radius 2 is 2.00 bits per heavy atom. The van der Waals surface area contributed by atoms with Crippen molar-refractivity contribution in [3.05, 3.63) is 64.1 Å². The molecule has 0 aliphatic heterocycles. The number of fused-ring (bicyclic) bond motifs is 1. The highest BCUT2D eigenvalue weighted by Gasteiger charge is 2.08. The zero-order chi connectivity index (χ0) is 16.2. The van der Waals surface area contributed by atoms with Crippen molar-refractivity contribution >= 4 is 61.8 Å². The predicted molar refractivity (Wildman–Crippen MR) is 100 cm³/mol. The molecule has 0 spiro atoms. The molecule has 1 aromatic heterocycles. The average molecular weight is 408 g/mol. The van der Waals surface area contributed by atoms with Crippen LogP contribution in [0.5, 0.6) is 0 Å². The van der Waals surface area contributed by atoms with E-state index >= 15 is 0 Å². The van der Waals surface area contributed by atoms with E-state index in [2.05, 4.69) is 26.2 Å². The van der Waals surface area contributed by atoms with E-state index in [-0.39, 0.29) is 11.7 Å². The van der Waals surface area contributed by atoms with Gasteiger partial charge in [-0.2, -0.15) is 0 Å². The highest BCUT2D eigenvalue weighted by atomic mass is 79.9. The van der Waals surface area contributed by atoms with Gasteiger partial charge in [0, 0.05) is 9.86 Å². The highest BCUT2D eigenvalue weighted by Crippen LogP contribution is 2.26. The summed E-state index contributed by atoms with van der Waals surface area (Å²) in [5.41, 5.74) is 1.53. The minimum absolute atomic E-state index is 0.116. The van der Waals surface area contributed by atoms with E-state index < -0.39 is 0 Å². The summed E-state index contributed by atoms with van der Waals surface area (Å²) in [5.74, 6) is 0.159. The lowest BCUT2D eigenvalue weighted by atomic mass is 10.2. The number of carbonyl (C=O) groups excluding carboxylic acids is 1. The standard InChI is InChI=1S/C17H12BrClN2OS/c18-12-6-7-15(13(19)9-12)20-16(22)10-23-17-8-5-11-3-1-2-4-14(11)21-17/h1-9H,10H2,(H,20,22). The number of carbonyl (C=O) groups is 1. The van der Waals surface area contributed by atoms with Crippen LogP contribution in [0.15, 0.2) is 64.1 Å². The molecule has 0 bridgehead atoms. The summed E-state index contributed by atoms with van der Waals surface area (Å²) in [4.78, 5) is 16.6. The molecule has 3 nitrogen and oxygen atoms in total. The Labute approximate surface area is 151 Å². The Morgan fingerprint density at radius 3 is 2.83 bits per heavy atom. The van der Waals surface area contributed by atoms with Gasteiger partial charge in [-0.25, -0.2) is 4.98 Å². The van der Waals surface area contributed by atoms with Crippen molar-refractivity contribution in [1.82, 2.24) is 4.98 Å². The Morgan fingerprint density at radius 1 is 1.17 bits per heavy atom. The van der Waals surface area contributed by atoms with Crippen LogP contribution in [-0.2, 0) is 4.79 Å². The maximum Gasteiger partial charge on any atom is 0.234 e. The van der Waals surface area contributed by atoms with E-state index in [1.165, 1.54) is 11.8 Å². The zero-order valence-electron chi connectivity index (χ0n) is 11.9. The van der Waals surface area contributed by atoms with Crippen LogP contribution >= 0.6 is 39.3 Å². The number of benzene rings is 2. The van der Waals surface area contributed by atoms with Crippen LogP contribution in [-0.4, -0.2) is 16.6 Å². The number of rotatable bonds is 4. The van der Waals surface area contributed by atoms with Gasteiger partial charge in [-0.05, 0) is 30.3 Å². The predicted octanol–water partition coefficient (Wildman–Crippen LogP) is 5.38. The van der Waals surface area contributed by atoms with Crippen molar-refractivity contribution in [3.8, 4) is 0 Å².